The average molecular weight is 474 g/mol. The van der Waals surface area contributed by atoms with E-state index in [0.29, 0.717) is 18.4 Å². The normalized spacial score (nSPS) is 12.5. The zero-order valence-corrected chi connectivity index (χ0v) is 19.9. The Hall–Kier alpha value is -2.75. The van der Waals surface area contributed by atoms with E-state index in [4.69, 9.17) is 4.74 Å². The van der Waals surface area contributed by atoms with Crippen LogP contribution in [0.5, 0.6) is 0 Å². The van der Waals surface area contributed by atoms with Crippen molar-refractivity contribution in [2.24, 2.45) is 0 Å². The zero-order valence-electron chi connectivity index (χ0n) is 18.3. The van der Waals surface area contributed by atoms with Crippen LogP contribution in [0.2, 0.25) is 0 Å². The Kier molecular flexibility index (Phi) is 7.65. The van der Waals surface area contributed by atoms with Crippen LogP contribution >= 0.6 is 11.3 Å². The molecule has 0 radical (unpaired) electrons. The van der Waals surface area contributed by atoms with Crippen molar-refractivity contribution in [3.8, 4) is 0 Å². The molecule has 0 saturated carbocycles. The van der Waals surface area contributed by atoms with Crippen molar-refractivity contribution in [2.75, 3.05) is 13.1 Å². The summed E-state index contributed by atoms with van der Waals surface area (Å²) in [6.45, 7) is 5.73. The third-order valence-electron chi connectivity index (χ3n) is 4.47. The molecular weight excluding hydrogens is 446 g/mol. The van der Waals surface area contributed by atoms with Gasteiger partial charge >= 0.3 is 6.09 Å². The molecule has 3 aromatic rings. The van der Waals surface area contributed by atoms with Crippen molar-refractivity contribution in [1.29, 1.82) is 0 Å². The summed E-state index contributed by atoms with van der Waals surface area (Å²) in [5.41, 5.74) is -0.614. The minimum Gasteiger partial charge on any atom is -0.444 e. The Bertz CT molecular complexity index is 1180. The minimum atomic E-state index is -3.80. The summed E-state index contributed by atoms with van der Waals surface area (Å²) < 4.78 is 33.8. The Morgan fingerprint density at radius 3 is 2.75 bits per heavy atom. The second-order valence-electron chi connectivity index (χ2n) is 8.09. The van der Waals surface area contributed by atoms with Crippen LogP contribution in [-0.4, -0.2) is 42.5 Å². The van der Waals surface area contributed by atoms with E-state index in [9.17, 15) is 13.2 Å². The highest BCUT2D eigenvalue weighted by Crippen LogP contribution is 2.25. The number of thiophene rings is 1. The number of sulfonamides is 1. The van der Waals surface area contributed by atoms with Crippen LogP contribution in [0.4, 0.5) is 4.79 Å². The van der Waals surface area contributed by atoms with Crippen molar-refractivity contribution in [1.82, 2.24) is 14.6 Å². The lowest BCUT2D eigenvalue weighted by Crippen LogP contribution is -2.34. The Morgan fingerprint density at radius 2 is 2.03 bits per heavy atom. The van der Waals surface area contributed by atoms with Gasteiger partial charge in [-0.2, -0.15) is 4.31 Å². The number of hydrogen-bond acceptors (Lipinski definition) is 6. The first-order chi connectivity index (χ1) is 15.2. The summed E-state index contributed by atoms with van der Waals surface area (Å²) in [5, 5.41) is 5.87. The van der Waals surface area contributed by atoms with E-state index >= 15 is 0 Å². The third kappa shape index (κ3) is 6.38. The molecule has 2 heterocycles. The molecule has 1 aromatic carbocycles. The number of amides is 1. The summed E-state index contributed by atoms with van der Waals surface area (Å²) >= 11 is 1.59. The van der Waals surface area contributed by atoms with E-state index in [1.54, 1.807) is 68.8 Å². The number of nitrogens with zero attached hydrogens (tertiary/aromatic N) is 2. The number of aromatic nitrogens is 1. The first kappa shape index (κ1) is 23.9. The molecule has 0 atom stereocenters. The van der Waals surface area contributed by atoms with Gasteiger partial charge < -0.3 is 4.74 Å². The highest BCUT2D eigenvalue weighted by Gasteiger charge is 2.25. The van der Waals surface area contributed by atoms with Gasteiger partial charge in [0.15, 0.2) is 0 Å². The van der Waals surface area contributed by atoms with Gasteiger partial charge in [-0.05, 0) is 50.8 Å². The molecule has 1 N–H and O–H groups in total. The third-order valence-corrected chi connectivity index (χ3v) is 7.33. The van der Waals surface area contributed by atoms with Crippen LogP contribution in [0, 0.1) is 0 Å². The molecule has 0 bridgehead atoms. The topological polar surface area (TPSA) is 88.6 Å². The molecule has 32 heavy (non-hydrogen) atoms. The first-order valence-corrected chi connectivity index (χ1v) is 12.5. The van der Waals surface area contributed by atoms with Crippen LogP contribution in [0.15, 0.2) is 71.3 Å². The highest BCUT2D eigenvalue weighted by molar-refractivity contribution is 7.89. The van der Waals surface area contributed by atoms with Gasteiger partial charge in [-0.3, -0.25) is 10.3 Å². The smallest absolute Gasteiger partial charge is 0.411 e. The maximum absolute atomic E-state index is 13.6. The quantitative estimate of drug-likeness (QED) is 0.518. The molecule has 0 aliphatic rings. The lowest BCUT2D eigenvalue weighted by molar-refractivity contribution is 0.0552. The molecule has 0 aliphatic heterocycles. The van der Waals surface area contributed by atoms with Crippen LogP contribution in [0.1, 0.15) is 25.6 Å². The van der Waals surface area contributed by atoms with Gasteiger partial charge in [0.25, 0.3) is 0 Å². The number of rotatable bonds is 8. The second-order valence-corrected chi connectivity index (χ2v) is 11.0. The molecule has 2 aromatic heterocycles. The number of pyridine rings is 1. The zero-order chi connectivity index (χ0) is 23.2. The van der Waals surface area contributed by atoms with Crippen molar-refractivity contribution < 1.29 is 17.9 Å². The fourth-order valence-corrected chi connectivity index (χ4v) is 5.37. The van der Waals surface area contributed by atoms with Crippen molar-refractivity contribution in [3.63, 3.8) is 0 Å². The number of carbonyl (C=O) groups is 1. The van der Waals surface area contributed by atoms with E-state index in [1.165, 1.54) is 10.5 Å². The minimum absolute atomic E-state index is 0.102. The van der Waals surface area contributed by atoms with E-state index in [0.717, 1.165) is 10.3 Å². The van der Waals surface area contributed by atoms with Gasteiger partial charge in [0, 0.05) is 47.3 Å². The summed E-state index contributed by atoms with van der Waals surface area (Å²) in [6.07, 6.45) is 6.24. The Balaban J connectivity index is 1.81. The number of ether oxygens (including phenoxy) is 1. The second kappa shape index (κ2) is 10.2. The molecule has 9 heteroatoms. The predicted molar refractivity (Wildman–Crippen MR) is 127 cm³/mol. The maximum Gasteiger partial charge on any atom is 0.411 e. The number of hydrogen-bond donors (Lipinski definition) is 1. The average Bonchev–Trinajstić information content (AvgIpc) is 3.25. The van der Waals surface area contributed by atoms with Crippen LogP contribution in [-0.2, 0) is 21.2 Å². The fraction of sp³-hybridized carbons (Fsp3) is 0.304. The molecule has 0 spiro atoms. The monoisotopic (exact) mass is 473 g/mol. The summed E-state index contributed by atoms with van der Waals surface area (Å²) in [5.74, 6) is 0. The molecule has 0 fully saturated rings. The molecule has 170 valence electrons. The molecule has 0 saturated heterocycles. The highest BCUT2D eigenvalue weighted by atomic mass is 32.2. The van der Waals surface area contributed by atoms with Crippen molar-refractivity contribution >= 4 is 38.2 Å². The number of alkyl carbamates (subject to hydrolysis) is 1. The summed E-state index contributed by atoms with van der Waals surface area (Å²) in [7, 11) is -3.80. The van der Waals surface area contributed by atoms with E-state index < -0.39 is 21.7 Å². The van der Waals surface area contributed by atoms with Crippen molar-refractivity contribution in [3.05, 3.63) is 71.3 Å². The van der Waals surface area contributed by atoms with Gasteiger partial charge in [-0.1, -0.05) is 24.3 Å². The molecular formula is C23H27N3O4S2. The van der Waals surface area contributed by atoms with Crippen LogP contribution < -0.4 is 5.32 Å². The first-order valence-electron chi connectivity index (χ1n) is 10.2. The maximum atomic E-state index is 13.6. The lowest BCUT2D eigenvalue weighted by Gasteiger charge is -2.22. The van der Waals surface area contributed by atoms with Crippen LogP contribution in [0.25, 0.3) is 10.8 Å². The predicted octanol–water partition coefficient (Wildman–Crippen LogP) is 4.57. The van der Waals surface area contributed by atoms with Gasteiger partial charge in [0.2, 0.25) is 10.0 Å². The van der Waals surface area contributed by atoms with Gasteiger partial charge in [0.1, 0.15) is 5.60 Å². The molecule has 1 amide bonds. The SMILES string of the molecule is CC(C)(C)OC(=O)NC=CCN(CCc1cccs1)S(=O)(=O)c1cccc2cnccc12. The molecule has 7 nitrogen and oxygen atoms in total. The number of carbonyl (C=O) groups excluding carboxylic acids is 1. The van der Waals surface area contributed by atoms with Gasteiger partial charge in [0.05, 0.1) is 4.90 Å². The Labute approximate surface area is 192 Å². The standard InChI is InChI=1S/C23H27N3O4S2/c1-23(2,3)30-22(27)25-12-6-14-26(15-11-19-8-5-16-31-19)32(28,29)21-9-4-7-18-17-24-13-10-20(18)21/h4-10,12-13,16-17H,11,14-15H2,1-3H3,(H,25,27). The van der Waals surface area contributed by atoms with Gasteiger partial charge in [-0.25, -0.2) is 13.2 Å². The largest absolute Gasteiger partial charge is 0.444 e. The van der Waals surface area contributed by atoms with E-state index in [1.807, 2.05) is 23.6 Å². The molecule has 0 aliphatic carbocycles. The van der Waals surface area contributed by atoms with Crippen molar-refractivity contribution in [2.45, 2.75) is 37.7 Å². The van der Waals surface area contributed by atoms with E-state index in [-0.39, 0.29) is 11.4 Å². The number of fused-ring (bicyclic) bond motifs is 1. The van der Waals surface area contributed by atoms with E-state index in [2.05, 4.69) is 10.3 Å². The Morgan fingerprint density at radius 1 is 1.22 bits per heavy atom. The summed E-state index contributed by atoms with van der Waals surface area (Å²) in [4.78, 5) is 17.2. The number of nitrogens with one attached hydrogen (secondary N) is 1. The fourth-order valence-electron chi connectivity index (χ4n) is 3.06. The van der Waals surface area contributed by atoms with Crippen LogP contribution in [0.3, 0.4) is 0 Å². The van der Waals surface area contributed by atoms with Gasteiger partial charge in [-0.15, -0.1) is 11.3 Å². The molecule has 0 unspecified atom stereocenters. The lowest BCUT2D eigenvalue weighted by atomic mass is 10.2. The summed E-state index contributed by atoms with van der Waals surface area (Å²) in [6, 6.07) is 10.8. The number of benzene rings is 1. The molecule has 3 rings (SSSR count).